The molecule has 0 saturated heterocycles. The van der Waals surface area contributed by atoms with E-state index in [1.807, 2.05) is 14.1 Å². The summed E-state index contributed by atoms with van der Waals surface area (Å²) in [5.74, 6) is -1.04. The van der Waals surface area contributed by atoms with E-state index in [1.54, 1.807) is 0 Å². The molecule has 0 amide bonds. The lowest BCUT2D eigenvalue weighted by Crippen LogP contribution is -2.37. The second-order valence-electron chi connectivity index (χ2n) is 5.83. The maximum Gasteiger partial charge on any atom is 0.144 e. The summed E-state index contributed by atoms with van der Waals surface area (Å²) in [6.07, 6.45) is 0. The molecular formula is C14H21BrF2N2. The largest absolute Gasteiger partial charge is 0.312 e. The topological polar surface area (TPSA) is 15.3 Å². The van der Waals surface area contributed by atoms with Crippen LogP contribution in [0.1, 0.15) is 19.4 Å². The molecule has 1 aromatic rings. The van der Waals surface area contributed by atoms with Crippen molar-refractivity contribution in [1.82, 2.24) is 10.2 Å². The van der Waals surface area contributed by atoms with Gasteiger partial charge in [-0.05, 0) is 47.6 Å². The first-order valence-electron chi connectivity index (χ1n) is 6.21. The number of hydrogen-bond acceptors (Lipinski definition) is 2. The second-order valence-corrected chi connectivity index (χ2v) is 6.68. The van der Waals surface area contributed by atoms with Crippen molar-refractivity contribution in [2.75, 3.05) is 27.2 Å². The molecule has 2 nitrogen and oxygen atoms in total. The van der Waals surface area contributed by atoms with Crippen LogP contribution in [-0.4, -0.2) is 32.1 Å². The van der Waals surface area contributed by atoms with E-state index >= 15 is 0 Å². The Kier molecular flexibility index (Phi) is 5.89. The lowest BCUT2D eigenvalue weighted by atomic mass is 9.93. The molecule has 0 aliphatic heterocycles. The molecule has 0 aromatic heterocycles. The molecule has 1 N–H and O–H groups in total. The van der Waals surface area contributed by atoms with E-state index in [-0.39, 0.29) is 17.5 Å². The van der Waals surface area contributed by atoms with Crippen LogP contribution < -0.4 is 5.32 Å². The predicted molar refractivity (Wildman–Crippen MR) is 78.1 cm³/mol. The highest BCUT2D eigenvalue weighted by Gasteiger charge is 2.19. The van der Waals surface area contributed by atoms with Gasteiger partial charge in [-0.15, -0.1) is 0 Å². The lowest BCUT2D eigenvalue weighted by Gasteiger charge is -2.28. The van der Waals surface area contributed by atoms with Crippen molar-refractivity contribution in [2.24, 2.45) is 5.41 Å². The van der Waals surface area contributed by atoms with Crippen molar-refractivity contribution in [3.8, 4) is 0 Å². The molecule has 108 valence electrons. The van der Waals surface area contributed by atoms with E-state index in [1.165, 1.54) is 12.1 Å². The van der Waals surface area contributed by atoms with Gasteiger partial charge in [0.25, 0.3) is 0 Å². The van der Waals surface area contributed by atoms with Gasteiger partial charge in [-0.3, -0.25) is 0 Å². The third-order valence-electron chi connectivity index (χ3n) is 2.79. The van der Waals surface area contributed by atoms with Crippen LogP contribution in [0.4, 0.5) is 8.78 Å². The molecule has 19 heavy (non-hydrogen) atoms. The van der Waals surface area contributed by atoms with Gasteiger partial charge in [-0.2, -0.15) is 0 Å². The summed E-state index contributed by atoms with van der Waals surface area (Å²) < 4.78 is 27.6. The number of rotatable bonds is 6. The van der Waals surface area contributed by atoms with E-state index < -0.39 is 11.6 Å². The van der Waals surface area contributed by atoms with Gasteiger partial charge < -0.3 is 10.2 Å². The molecular weight excluding hydrogens is 314 g/mol. The molecule has 0 aliphatic rings. The Morgan fingerprint density at radius 2 is 1.89 bits per heavy atom. The van der Waals surface area contributed by atoms with Crippen LogP contribution in [0.2, 0.25) is 0 Å². The van der Waals surface area contributed by atoms with Crippen LogP contribution in [-0.2, 0) is 6.54 Å². The first kappa shape index (κ1) is 16.5. The smallest absolute Gasteiger partial charge is 0.144 e. The molecule has 0 saturated carbocycles. The maximum atomic E-state index is 13.8. The van der Waals surface area contributed by atoms with Gasteiger partial charge in [0.15, 0.2) is 0 Å². The van der Waals surface area contributed by atoms with Crippen LogP contribution in [0.5, 0.6) is 0 Å². The zero-order chi connectivity index (χ0) is 14.6. The molecule has 0 bridgehead atoms. The van der Waals surface area contributed by atoms with Gasteiger partial charge in [0, 0.05) is 25.2 Å². The lowest BCUT2D eigenvalue weighted by molar-refractivity contribution is 0.231. The van der Waals surface area contributed by atoms with Crippen LogP contribution in [0, 0.1) is 17.0 Å². The van der Waals surface area contributed by atoms with Gasteiger partial charge >= 0.3 is 0 Å². The first-order chi connectivity index (χ1) is 8.73. The van der Waals surface area contributed by atoms with Gasteiger partial charge in [0.2, 0.25) is 0 Å². The molecule has 0 radical (unpaired) electrons. The minimum absolute atomic E-state index is 0.0441. The van der Waals surface area contributed by atoms with Gasteiger partial charge in [-0.1, -0.05) is 13.8 Å². The van der Waals surface area contributed by atoms with Crippen molar-refractivity contribution >= 4 is 15.9 Å². The number of nitrogens with one attached hydrogen (secondary N) is 1. The molecule has 0 unspecified atom stereocenters. The van der Waals surface area contributed by atoms with E-state index in [0.29, 0.717) is 11.0 Å². The summed E-state index contributed by atoms with van der Waals surface area (Å²) in [6, 6.07) is 2.65. The fourth-order valence-electron chi connectivity index (χ4n) is 2.17. The molecule has 5 heteroatoms. The Morgan fingerprint density at radius 1 is 1.26 bits per heavy atom. The van der Waals surface area contributed by atoms with E-state index in [9.17, 15) is 8.78 Å². The quantitative estimate of drug-likeness (QED) is 0.802. The van der Waals surface area contributed by atoms with Crippen LogP contribution >= 0.6 is 15.9 Å². The van der Waals surface area contributed by atoms with E-state index in [0.717, 1.165) is 6.54 Å². The van der Waals surface area contributed by atoms with Crippen molar-refractivity contribution in [2.45, 2.75) is 20.4 Å². The van der Waals surface area contributed by atoms with Crippen molar-refractivity contribution in [1.29, 1.82) is 0 Å². The summed E-state index contributed by atoms with van der Waals surface area (Å²) in [5.41, 5.74) is 0.123. The molecule has 1 aromatic carbocycles. The minimum atomic E-state index is -0.530. The number of hydrogen-bond donors (Lipinski definition) is 1. The Bertz CT molecular complexity index is 434. The fourth-order valence-corrected chi connectivity index (χ4v) is 2.54. The van der Waals surface area contributed by atoms with Crippen LogP contribution in [0.25, 0.3) is 0 Å². The highest BCUT2D eigenvalue weighted by Crippen LogP contribution is 2.22. The van der Waals surface area contributed by atoms with Crippen LogP contribution in [0.3, 0.4) is 0 Å². The molecule has 0 spiro atoms. The van der Waals surface area contributed by atoms with Gasteiger partial charge in [0.1, 0.15) is 11.6 Å². The SMILES string of the molecule is CN(C)CC(C)(C)CNCc1c(F)ccc(Br)c1F. The zero-order valence-electron chi connectivity index (χ0n) is 11.9. The Labute approximate surface area is 122 Å². The average Bonchev–Trinajstić information content (AvgIpc) is 2.26. The predicted octanol–water partition coefficient (Wildman–Crippen LogP) is 3.40. The standard InChI is InChI=1S/C14H21BrF2N2/c1-14(2,9-19(3)4)8-18-7-10-12(16)6-5-11(15)13(10)17/h5-6,18H,7-9H2,1-4H3. The van der Waals surface area contributed by atoms with Gasteiger partial charge in [-0.25, -0.2) is 8.78 Å². The van der Waals surface area contributed by atoms with Crippen LogP contribution in [0.15, 0.2) is 16.6 Å². The fraction of sp³-hybridized carbons (Fsp3) is 0.571. The summed E-state index contributed by atoms with van der Waals surface area (Å²) in [7, 11) is 4.02. The normalized spacial score (nSPS) is 12.2. The van der Waals surface area contributed by atoms with Gasteiger partial charge in [0.05, 0.1) is 4.47 Å². The van der Waals surface area contributed by atoms with E-state index in [4.69, 9.17) is 0 Å². The summed E-state index contributed by atoms with van der Waals surface area (Å²) in [5, 5.41) is 3.13. The Balaban J connectivity index is 2.61. The Morgan fingerprint density at radius 3 is 2.47 bits per heavy atom. The summed E-state index contributed by atoms with van der Waals surface area (Å²) >= 11 is 3.07. The van der Waals surface area contributed by atoms with Crippen molar-refractivity contribution < 1.29 is 8.78 Å². The van der Waals surface area contributed by atoms with Crippen molar-refractivity contribution in [3.63, 3.8) is 0 Å². The minimum Gasteiger partial charge on any atom is -0.312 e. The third-order valence-corrected chi connectivity index (χ3v) is 3.40. The highest BCUT2D eigenvalue weighted by molar-refractivity contribution is 9.10. The molecule has 0 atom stereocenters. The second kappa shape index (κ2) is 6.77. The number of halogens is 3. The molecule has 0 aliphatic carbocycles. The van der Waals surface area contributed by atoms with E-state index in [2.05, 4.69) is 40.0 Å². The highest BCUT2D eigenvalue weighted by atomic mass is 79.9. The molecule has 0 fully saturated rings. The monoisotopic (exact) mass is 334 g/mol. The number of nitrogens with zero attached hydrogens (tertiary/aromatic N) is 1. The molecule has 0 heterocycles. The number of benzene rings is 1. The average molecular weight is 335 g/mol. The summed E-state index contributed by atoms with van der Waals surface area (Å²) in [6.45, 7) is 6.02. The summed E-state index contributed by atoms with van der Waals surface area (Å²) in [4.78, 5) is 2.10. The Hall–Kier alpha value is -0.520. The first-order valence-corrected chi connectivity index (χ1v) is 7.00. The molecule has 1 rings (SSSR count). The maximum absolute atomic E-state index is 13.8. The third kappa shape index (κ3) is 5.16. The zero-order valence-corrected chi connectivity index (χ0v) is 13.4. The van der Waals surface area contributed by atoms with Crippen molar-refractivity contribution in [3.05, 3.63) is 33.8 Å².